The van der Waals surface area contributed by atoms with Crippen molar-refractivity contribution in [2.24, 2.45) is 7.05 Å². The smallest absolute Gasteiger partial charge is 0.224 e. The van der Waals surface area contributed by atoms with E-state index in [1.165, 1.54) is 0 Å². The highest BCUT2D eigenvalue weighted by Crippen LogP contribution is 2.05. The van der Waals surface area contributed by atoms with E-state index >= 15 is 0 Å². The Morgan fingerprint density at radius 2 is 2.43 bits per heavy atom. The zero-order chi connectivity index (χ0) is 10.4. The van der Waals surface area contributed by atoms with Crippen LogP contribution in [0.15, 0.2) is 12.4 Å². The van der Waals surface area contributed by atoms with Gasteiger partial charge in [0, 0.05) is 25.5 Å². The Hall–Kier alpha value is -1.03. The van der Waals surface area contributed by atoms with Gasteiger partial charge in [-0.05, 0) is 12.8 Å². The van der Waals surface area contributed by atoms with Crippen molar-refractivity contribution in [1.29, 1.82) is 0 Å². The molecule has 0 atom stereocenters. The van der Waals surface area contributed by atoms with Crippen LogP contribution >= 0.6 is 11.6 Å². The predicted octanol–water partition coefficient (Wildman–Crippen LogP) is 1.77. The fourth-order valence-electron chi connectivity index (χ4n) is 1.09. The number of unbranched alkanes of at least 4 members (excludes halogenated alkanes) is 1. The lowest BCUT2D eigenvalue weighted by Crippen LogP contribution is -2.10. The highest BCUT2D eigenvalue weighted by Gasteiger charge is 2.02. The Labute approximate surface area is 88.2 Å². The molecule has 0 saturated heterocycles. The molecule has 0 radical (unpaired) electrons. The summed E-state index contributed by atoms with van der Waals surface area (Å²) in [5.41, 5.74) is 0.739. The van der Waals surface area contributed by atoms with Gasteiger partial charge in [0.15, 0.2) is 0 Å². The van der Waals surface area contributed by atoms with Gasteiger partial charge in [0.1, 0.15) is 0 Å². The molecule has 1 aromatic rings. The van der Waals surface area contributed by atoms with E-state index in [-0.39, 0.29) is 5.91 Å². The normalized spacial score (nSPS) is 10.1. The summed E-state index contributed by atoms with van der Waals surface area (Å²) in [6, 6.07) is 0. The number of nitrogens with zero attached hydrogens (tertiary/aromatic N) is 2. The zero-order valence-electron chi connectivity index (χ0n) is 8.16. The van der Waals surface area contributed by atoms with Gasteiger partial charge in [-0.25, -0.2) is 0 Å². The van der Waals surface area contributed by atoms with E-state index < -0.39 is 0 Å². The van der Waals surface area contributed by atoms with E-state index in [2.05, 4.69) is 10.4 Å². The summed E-state index contributed by atoms with van der Waals surface area (Å²) in [6.07, 6.45) is 5.61. The number of alkyl halides is 1. The second-order valence-electron chi connectivity index (χ2n) is 3.10. The lowest BCUT2D eigenvalue weighted by molar-refractivity contribution is -0.116. The zero-order valence-corrected chi connectivity index (χ0v) is 8.92. The average Bonchev–Trinajstić information content (AvgIpc) is 2.52. The molecule has 0 bridgehead atoms. The third-order valence-electron chi connectivity index (χ3n) is 1.78. The minimum absolute atomic E-state index is 0.0168. The number of anilines is 1. The van der Waals surface area contributed by atoms with Crippen LogP contribution in [-0.4, -0.2) is 21.6 Å². The quantitative estimate of drug-likeness (QED) is 0.601. The van der Waals surface area contributed by atoms with Crippen molar-refractivity contribution in [1.82, 2.24) is 9.78 Å². The predicted molar refractivity (Wildman–Crippen MR) is 56.4 cm³/mol. The average molecular weight is 216 g/mol. The molecule has 0 aliphatic rings. The molecule has 0 aromatic carbocycles. The van der Waals surface area contributed by atoms with Crippen molar-refractivity contribution < 1.29 is 4.79 Å². The maximum atomic E-state index is 11.3. The van der Waals surface area contributed by atoms with E-state index in [0.29, 0.717) is 12.3 Å². The molecule has 0 unspecified atom stereocenters. The van der Waals surface area contributed by atoms with Crippen molar-refractivity contribution in [2.75, 3.05) is 11.2 Å². The number of hydrogen-bond acceptors (Lipinski definition) is 2. The molecule has 1 heterocycles. The lowest BCUT2D eigenvalue weighted by Gasteiger charge is -2.00. The number of rotatable bonds is 5. The van der Waals surface area contributed by atoms with Crippen molar-refractivity contribution in [3.8, 4) is 0 Å². The molecule has 0 aliphatic carbocycles. The minimum Gasteiger partial charge on any atom is -0.323 e. The molecule has 0 fully saturated rings. The molecule has 0 saturated carbocycles. The monoisotopic (exact) mass is 215 g/mol. The summed E-state index contributed by atoms with van der Waals surface area (Å²) < 4.78 is 1.65. The molecule has 1 rings (SSSR count). The largest absolute Gasteiger partial charge is 0.323 e. The van der Waals surface area contributed by atoms with Crippen LogP contribution in [0.25, 0.3) is 0 Å². The number of aryl methyl sites for hydroxylation is 1. The Morgan fingerprint density at radius 1 is 1.64 bits per heavy atom. The Bertz CT molecular complexity index is 298. The van der Waals surface area contributed by atoms with Crippen LogP contribution in [0.4, 0.5) is 5.69 Å². The van der Waals surface area contributed by atoms with Gasteiger partial charge in [-0.15, -0.1) is 11.6 Å². The number of aromatic nitrogens is 2. The summed E-state index contributed by atoms with van der Waals surface area (Å²) in [4.78, 5) is 11.3. The number of hydrogen-bond donors (Lipinski definition) is 1. The number of halogens is 1. The summed E-state index contributed by atoms with van der Waals surface area (Å²) in [6.45, 7) is 0. The van der Waals surface area contributed by atoms with Gasteiger partial charge < -0.3 is 5.32 Å². The maximum absolute atomic E-state index is 11.3. The van der Waals surface area contributed by atoms with Gasteiger partial charge in [-0.3, -0.25) is 9.48 Å². The van der Waals surface area contributed by atoms with Crippen LogP contribution in [0.2, 0.25) is 0 Å². The first-order valence-corrected chi connectivity index (χ1v) is 5.10. The van der Waals surface area contributed by atoms with Gasteiger partial charge >= 0.3 is 0 Å². The number of carbonyl (C=O) groups is 1. The SMILES string of the molecule is Cn1cc(NC(=O)CCCCCl)cn1. The lowest BCUT2D eigenvalue weighted by atomic mass is 10.2. The summed E-state index contributed by atoms with van der Waals surface area (Å²) >= 11 is 5.50. The molecular formula is C9H14ClN3O. The first-order chi connectivity index (χ1) is 6.72. The fraction of sp³-hybridized carbons (Fsp3) is 0.556. The highest BCUT2D eigenvalue weighted by molar-refractivity contribution is 6.17. The Balaban J connectivity index is 2.27. The maximum Gasteiger partial charge on any atom is 0.224 e. The molecule has 1 N–H and O–H groups in total. The van der Waals surface area contributed by atoms with Crippen molar-refractivity contribution in [2.45, 2.75) is 19.3 Å². The van der Waals surface area contributed by atoms with E-state index in [1.807, 2.05) is 7.05 Å². The second-order valence-corrected chi connectivity index (χ2v) is 3.47. The topological polar surface area (TPSA) is 46.9 Å². The van der Waals surface area contributed by atoms with Gasteiger partial charge in [-0.1, -0.05) is 0 Å². The summed E-state index contributed by atoms with van der Waals surface area (Å²) in [5.74, 6) is 0.628. The molecule has 4 nitrogen and oxygen atoms in total. The van der Waals surface area contributed by atoms with Gasteiger partial charge in [0.2, 0.25) is 5.91 Å². The second kappa shape index (κ2) is 5.65. The molecule has 14 heavy (non-hydrogen) atoms. The van der Waals surface area contributed by atoms with Crippen molar-refractivity contribution in [3.05, 3.63) is 12.4 Å². The van der Waals surface area contributed by atoms with Gasteiger partial charge in [-0.2, -0.15) is 5.10 Å². The minimum atomic E-state index is 0.0168. The van der Waals surface area contributed by atoms with Crippen LogP contribution in [0.3, 0.4) is 0 Å². The molecule has 78 valence electrons. The first-order valence-electron chi connectivity index (χ1n) is 4.57. The summed E-state index contributed by atoms with van der Waals surface area (Å²) in [7, 11) is 1.81. The Morgan fingerprint density at radius 3 is 3.00 bits per heavy atom. The van der Waals surface area contributed by atoms with E-state index in [1.54, 1.807) is 17.1 Å². The summed E-state index contributed by atoms with van der Waals surface area (Å²) in [5, 5.41) is 6.70. The van der Waals surface area contributed by atoms with Crippen molar-refractivity contribution in [3.63, 3.8) is 0 Å². The number of nitrogens with one attached hydrogen (secondary N) is 1. The Kier molecular flexibility index (Phi) is 4.46. The fourth-order valence-corrected chi connectivity index (χ4v) is 1.28. The van der Waals surface area contributed by atoms with Crippen LogP contribution in [0.5, 0.6) is 0 Å². The standard InChI is InChI=1S/C9H14ClN3O/c1-13-7-8(6-11-13)12-9(14)4-2-3-5-10/h6-7H,2-5H2,1H3,(H,12,14). The number of carbonyl (C=O) groups excluding carboxylic acids is 1. The number of amides is 1. The van der Waals surface area contributed by atoms with Crippen LogP contribution in [-0.2, 0) is 11.8 Å². The third kappa shape index (κ3) is 3.79. The molecular weight excluding hydrogens is 202 g/mol. The molecule has 0 spiro atoms. The molecule has 5 heteroatoms. The van der Waals surface area contributed by atoms with Crippen LogP contribution < -0.4 is 5.32 Å². The molecule has 0 aliphatic heterocycles. The van der Waals surface area contributed by atoms with E-state index in [9.17, 15) is 4.79 Å². The van der Waals surface area contributed by atoms with Gasteiger partial charge in [0.05, 0.1) is 11.9 Å². The van der Waals surface area contributed by atoms with Crippen LogP contribution in [0, 0.1) is 0 Å². The van der Waals surface area contributed by atoms with E-state index in [4.69, 9.17) is 11.6 Å². The van der Waals surface area contributed by atoms with Crippen LogP contribution in [0.1, 0.15) is 19.3 Å². The molecule has 1 amide bonds. The van der Waals surface area contributed by atoms with E-state index in [0.717, 1.165) is 18.5 Å². The van der Waals surface area contributed by atoms with Crippen molar-refractivity contribution >= 4 is 23.2 Å². The third-order valence-corrected chi connectivity index (χ3v) is 2.04. The van der Waals surface area contributed by atoms with Gasteiger partial charge in [0.25, 0.3) is 0 Å². The molecule has 1 aromatic heterocycles. The highest BCUT2D eigenvalue weighted by atomic mass is 35.5. The first kappa shape index (κ1) is 11.0.